The molecule has 0 radical (unpaired) electrons. The number of rotatable bonds is 8. The van der Waals surface area contributed by atoms with E-state index in [2.05, 4.69) is 70.0 Å². The smallest absolute Gasteiger partial charge is 0.254 e. The molecule has 5 aromatic carbocycles. The number of amides is 1. The average molecular weight is 458 g/mol. The molecule has 0 aliphatic heterocycles. The zero-order valence-corrected chi connectivity index (χ0v) is 19.5. The monoisotopic (exact) mass is 457 g/mol. The van der Waals surface area contributed by atoms with Gasteiger partial charge in [-0.25, -0.2) is 5.43 Å². The molecule has 0 bridgehead atoms. The Morgan fingerprint density at radius 1 is 0.686 bits per heavy atom. The van der Waals surface area contributed by atoms with Crippen LogP contribution in [0.3, 0.4) is 0 Å². The molecule has 0 spiro atoms. The lowest BCUT2D eigenvalue weighted by molar-refractivity contribution is -0.122. The van der Waals surface area contributed by atoms with Crippen LogP contribution in [0.1, 0.15) is 16.7 Å². The molecular weight excluding hydrogens is 430 g/mol. The zero-order valence-electron chi connectivity index (χ0n) is 19.5. The Morgan fingerprint density at radius 2 is 1.17 bits per heavy atom. The molecule has 0 aromatic heterocycles. The van der Waals surface area contributed by atoms with Crippen molar-refractivity contribution in [1.82, 2.24) is 10.3 Å². The minimum Gasteiger partial charge on any atom is -0.286 e. The molecule has 5 rings (SSSR count). The summed E-state index contributed by atoms with van der Waals surface area (Å²) in [5.74, 6) is -0.141. The number of benzene rings is 5. The Kier molecular flexibility index (Phi) is 6.92. The predicted octanol–water partition coefficient (Wildman–Crippen LogP) is 6.15. The molecular formula is C31H27N3O. The topological polar surface area (TPSA) is 44.7 Å². The van der Waals surface area contributed by atoms with E-state index < -0.39 is 0 Å². The van der Waals surface area contributed by atoms with Gasteiger partial charge in [0, 0.05) is 18.7 Å². The van der Waals surface area contributed by atoms with Gasteiger partial charge in [-0.3, -0.25) is 9.69 Å². The van der Waals surface area contributed by atoms with Crippen LogP contribution in [-0.2, 0) is 17.9 Å². The summed E-state index contributed by atoms with van der Waals surface area (Å²) in [4.78, 5) is 15.0. The van der Waals surface area contributed by atoms with Crippen molar-refractivity contribution >= 4 is 33.7 Å². The Labute approximate surface area is 205 Å². The van der Waals surface area contributed by atoms with Crippen molar-refractivity contribution in [2.24, 2.45) is 5.10 Å². The molecule has 0 heterocycles. The summed E-state index contributed by atoms with van der Waals surface area (Å²) in [5, 5.41) is 8.88. The van der Waals surface area contributed by atoms with Gasteiger partial charge < -0.3 is 0 Å². The first-order chi connectivity index (χ1) is 17.3. The highest BCUT2D eigenvalue weighted by atomic mass is 16.2. The van der Waals surface area contributed by atoms with Crippen molar-refractivity contribution < 1.29 is 4.79 Å². The number of carbonyl (C=O) groups is 1. The quantitative estimate of drug-likeness (QED) is 0.173. The molecule has 0 saturated carbocycles. The van der Waals surface area contributed by atoms with Gasteiger partial charge in [-0.2, -0.15) is 5.10 Å². The molecule has 4 nitrogen and oxygen atoms in total. The third-order valence-corrected chi connectivity index (χ3v) is 6.06. The van der Waals surface area contributed by atoms with Gasteiger partial charge in [-0.15, -0.1) is 0 Å². The summed E-state index contributed by atoms with van der Waals surface area (Å²) in [6.45, 7) is 1.61. The van der Waals surface area contributed by atoms with Gasteiger partial charge >= 0.3 is 0 Å². The maximum atomic E-state index is 12.9. The van der Waals surface area contributed by atoms with E-state index in [0.29, 0.717) is 13.1 Å². The van der Waals surface area contributed by atoms with Gasteiger partial charge in [0.2, 0.25) is 0 Å². The Bertz CT molecular complexity index is 1370. The van der Waals surface area contributed by atoms with Crippen LogP contribution < -0.4 is 5.43 Å². The van der Waals surface area contributed by atoms with Crippen LogP contribution in [0.5, 0.6) is 0 Å². The van der Waals surface area contributed by atoms with Crippen LogP contribution in [0.2, 0.25) is 0 Å². The number of nitrogens with zero attached hydrogens (tertiary/aromatic N) is 2. The summed E-state index contributed by atoms with van der Waals surface area (Å²) in [6.07, 6.45) is 1.77. The fourth-order valence-corrected chi connectivity index (χ4v) is 4.45. The first kappa shape index (κ1) is 22.5. The standard InChI is InChI=1S/C31H27N3O/c35-31(23-34(21-24-11-3-1-4-12-24)22-25-13-5-2-6-14-25)33-32-20-30-28-17-9-7-15-26(28)19-27-16-8-10-18-29(27)30/h1-20H,21-23H2,(H,33,35)/b32-20-. The van der Waals surface area contributed by atoms with E-state index in [1.165, 1.54) is 11.1 Å². The van der Waals surface area contributed by atoms with Crippen molar-refractivity contribution in [3.8, 4) is 0 Å². The number of hydrazone groups is 1. The molecule has 0 aliphatic carbocycles. The second-order valence-electron chi connectivity index (χ2n) is 8.64. The van der Waals surface area contributed by atoms with Gasteiger partial charge in [-0.1, -0.05) is 109 Å². The second-order valence-corrected chi connectivity index (χ2v) is 8.64. The lowest BCUT2D eigenvalue weighted by atomic mass is 9.97. The van der Waals surface area contributed by atoms with Gasteiger partial charge in [0.25, 0.3) is 5.91 Å². The highest BCUT2D eigenvalue weighted by Gasteiger charge is 2.12. The average Bonchev–Trinajstić information content (AvgIpc) is 2.89. The number of fused-ring (bicyclic) bond motifs is 2. The van der Waals surface area contributed by atoms with Crippen LogP contribution in [0, 0.1) is 0 Å². The summed E-state index contributed by atoms with van der Waals surface area (Å²) >= 11 is 0. The summed E-state index contributed by atoms with van der Waals surface area (Å²) in [5.41, 5.74) is 6.09. The SMILES string of the molecule is O=C(CN(Cc1ccccc1)Cc1ccccc1)N/N=C\c1c2ccccc2cc2ccccc12. The first-order valence-electron chi connectivity index (χ1n) is 11.8. The fraction of sp³-hybridized carbons (Fsp3) is 0.0968. The predicted molar refractivity (Wildman–Crippen MR) is 144 cm³/mol. The molecule has 4 heteroatoms. The first-order valence-corrected chi connectivity index (χ1v) is 11.8. The molecule has 172 valence electrons. The number of hydrogen-bond acceptors (Lipinski definition) is 3. The van der Waals surface area contributed by atoms with E-state index in [0.717, 1.165) is 27.1 Å². The van der Waals surface area contributed by atoms with Crippen LogP contribution in [0.25, 0.3) is 21.5 Å². The molecule has 0 atom stereocenters. The molecule has 35 heavy (non-hydrogen) atoms. The number of hydrogen-bond donors (Lipinski definition) is 1. The lowest BCUT2D eigenvalue weighted by Crippen LogP contribution is -2.34. The second kappa shape index (κ2) is 10.8. The molecule has 1 amide bonds. The summed E-state index contributed by atoms with van der Waals surface area (Å²) in [6, 6.07) is 39.1. The minimum atomic E-state index is -0.141. The Balaban J connectivity index is 1.33. The van der Waals surface area contributed by atoms with Gasteiger partial charge in [0.15, 0.2) is 0 Å². The normalized spacial score (nSPS) is 11.5. The maximum absolute atomic E-state index is 12.9. The highest BCUT2D eigenvalue weighted by molar-refractivity contribution is 6.13. The van der Waals surface area contributed by atoms with E-state index in [1.807, 2.05) is 60.7 Å². The number of carbonyl (C=O) groups excluding carboxylic acids is 1. The molecule has 5 aromatic rings. The molecule has 0 aliphatic rings. The van der Waals surface area contributed by atoms with Crippen LogP contribution in [-0.4, -0.2) is 23.6 Å². The summed E-state index contributed by atoms with van der Waals surface area (Å²) in [7, 11) is 0. The molecule has 0 saturated heterocycles. The van der Waals surface area contributed by atoms with E-state index in [1.54, 1.807) is 6.21 Å². The van der Waals surface area contributed by atoms with Crippen molar-refractivity contribution in [2.45, 2.75) is 13.1 Å². The van der Waals surface area contributed by atoms with Gasteiger partial charge in [-0.05, 0) is 38.7 Å². The van der Waals surface area contributed by atoms with E-state index in [9.17, 15) is 4.79 Å². The van der Waals surface area contributed by atoms with Gasteiger partial charge in [0.05, 0.1) is 12.8 Å². The third kappa shape index (κ3) is 5.62. The minimum absolute atomic E-state index is 0.141. The van der Waals surface area contributed by atoms with E-state index in [4.69, 9.17) is 0 Å². The highest BCUT2D eigenvalue weighted by Crippen LogP contribution is 2.27. The van der Waals surface area contributed by atoms with Crippen molar-refractivity contribution in [3.63, 3.8) is 0 Å². The largest absolute Gasteiger partial charge is 0.286 e. The fourth-order valence-electron chi connectivity index (χ4n) is 4.45. The van der Waals surface area contributed by atoms with Crippen LogP contribution in [0.4, 0.5) is 0 Å². The van der Waals surface area contributed by atoms with Crippen molar-refractivity contribution in [2.75, 3.05) is 6.54 Å². The Hall–Kier alpha value is -4.28. The zero-order chi connectivity index (χ0) is 23.9. The van der Waals surface area contributed by atoms with Gasteiger partial charge in [0.1, 0.15) is 0 Å². The summed E-state index contributed by atoms with van der Waals surface area (Å²) < 4.78 is 0. The number of nitrogens with one attached hydrogen (secondary N) is 1. The molecule has 0 unspecified atom stereocenters. The van der Waals surface area contributed by atoms with E-state index in [-0.39, 0.29) is 12.5 Å². The third-order valence-electron chi connectivity index (χ3n) is 6.06. The lowest BCUT2D eigenvalue weighted by Gasteiger charge is -2.21. The maximum Gasteiger partial charge on any atom is 0.254 e. The molecule has 0 fully saturated rings. The van der Waals surface area contributed by atoms with Crippen LogP contribution >= 0.6 is 0 Å². The molecule has 1 N–H and O–H groups in total. The Morgan fingerprint density at radius 3 is 1.71 bits per heavy atom. The van der Waals surface area contributed by atoms with E-state index >= 15 is 0 Å². The van der Waals surface area contributed by atoms with Crippen molar-refractivity contribution in [1.29, 1.82) is 0 Å². The van der Waals surface area contributed by atoms with Crippen molar-refractivity contribution in [3.05, 3.63) is 132 Å². The van der Waals surface area contributed by atoms with Crippen LogP contribution in [0.15, 0.2) is 120 Å².